The lowest BCUT2D eigenvalue weighted by Crippen LogP contribution is -2.44. The molecule has 1 N–H and O–H groups in total. The summed E-state index contributed by atoms with van der Waals surface area (Å²) in [6.07, 6.45) is 3.15. The number of nitrogens with one attached hydrogen (secondary N) is 1. The zero-order valence-electron chi connectivity index (χ0n) is 20.9. The molecule has 0 bridgehead atoms. The number of hydrogen-bond donors (Lipinski definition) is 1. The molecule has 1 amide bonds. The summed E-state index contributed by atoms with van der Waals surface area (Å²) in [4.78, 5) is 38.0. The van der Waals surface area contributed by atoms with Gasteiger partial charge in [0.2, 0.25) is 5.91 Å². The van der Waals surface area contributed by atoms with E-state index in [4.69, 9.17) is 9.47 Å². The van der Waals surface area contributed by atoms with Crippen molar-refractivity contribution in [2.24, 2.45) is 5.92 Å². The van der Waals surface area contributed by atoms with Gasteiger partial charge in [-0.1, -0.05) is 30.3 Å². The minimum Gasteiger partial charge on any atom is -0.497 e. The van der Waals surface area contributed by atoms with Gasteiger partial charge in [-0.15, -0.1) is 0 Å². The lowest BCUT2D eigenvalue weighted by atomic mass is 9.97. The number of carbonyl (C=O) groups is 1. The molecule has 190 valence electrons. The molecule has 9 nitrogen and oxygen atoms in total. The smallest absolute Gasteiger partial charge is 0.295 e. The molecule has 0 aliphatic carbocycles. The number of nitrogens with zero attached hydrogens (tertiary/aromatic N) is 4. The van der Waals surface area contributed by atoms with Crippen LogP contribution in [0.1, 0.15) is 18.4 Å². The number of aromatic nitrogens is 3. The predicted molar refractivity (Wildman–Crippen MR) is 142 cm³/mol. The van der Waals surface area contributed by atoms with Gasteiger partial charge in [0.05, 0.1) is 26.7 Å². The van der Waals surface area contributed by atoms with Gasteiger partial charge in [0.1, 0.15) is 17.0 Å². The van der Waals surface area contributed by atoms with E-state index in [1.165, 1.54) is 0 Å². The maximum Gasteiger partial charge on any atom is 0.295 e. The molecule has 0 saturated carbocycles. The highest BCUT2D eigenvalue weighted by atomic mass is 16.5. The van der Waals surface area contributed by atoms with Gasteiger partial charge in [0.15, 0.2) is 11.5 Å². The first-order chi connectivity index (χ1) is 18.1. The van der Waals surface area contributed by atoms with Gasteiger partial charge in [-0.25, -0.2) is 9.97 Å². The number of anilines is 2. The van der Waals surface area contributed by atoms with Crippen molar-refractivity contribution in [3.8, 4) is 11.5 Å². The SMILES string of the molecule is COc1cc(NC(=O)[C@H]2CCCN(c3nc4cccnc4n(Cc4ccccc4)c3=O)C2)cc(OC)c1. The Hall–Kier alpha value is -4.40. The molecule has 2 aromatic heterocycles. The number of piperidine rings is 1. The second-order valence-corrected chi connectivity index (χ2v) is 9.03. The fourth-order valence-electron chi connectivity index (χ4n) is 4.69. The maximum absolute atomic E-state index is 13.7. The number of rotatable bonds is 7. The number of pyridine rings is 1. The summed E-state index contributed by atoms with van der Waals surface area (Å²) in [7, 11) is 3.13. The minimum absolute atomic E-state index is 0.118. The normalized spacial score (nSPS) is 15.4. The van der Waals surface area contributed by atoms with E-state index in [1.54, 1.807) is 43.2 Å². The maximum atomic E-state index is 13.7. The molecule has 1 aliphatic heterocycles. The summed E-state index contributed by atoms with van der Waals surface area (Å²) >= 11 is 0. The van der Waals surface area contributed by atoms with Crippen molar-refractivity contribution >= 4 is 28.6 Å². The average molecular weight is 500 g/mol. The molecule has 0 spiro atoms. The van der Waals surface area contributed by atoms with Gasteiger partial charge in [-0.05, 0) is 30.5 Å². The van der Waals surface area contributed by atoms with E-state index in [9.17, 15) is 9.59 Å². The van der Waals surface area contributed by atoms with Crippen LogP contribution in [0.15, 0.2) is 71.7 Å². The number of benzene rings is 2. The molecule has 37 heavy (non-hydrogen) atoms. The van der Waals surface area contributed by atoms with Crippen molar-refractivity contribution in [2.75, 3.05) is 37.5 Å². The molecule has 1 saturated heterocycles. The Kier molecular flexibility index (Phi) is 7.02. The van der Waals surface area contributed by atoms with Crippen molar-refractivity contribution in [3.63, 3.8) is 0 Å². The molecule has 1 aliphatic rings. The first-order valence-electron chi connectivity index (χ1n) is 12.2. The van der Waals surface area contributed by atoms with Gasteiger partial charge >= 0.3 is 0 Å². The molecular formula is C28H29N5O4. The average Bonchev–Trinajstić information content (AvgIpc) is 2.94. The molecule has 0 radical (unpaired) electrons. The van der Waals surface area contributed by atoms with Crippen LogP contribution in [0.2, 0.25) is 0 Å². The van der Waals surface area contributed by atoms with Crippen molar-refractivity contribution in [1.82, 2.24) is 14.5 Å². The Labute approximate surface area is 214 Å². The second-order valence-electron chi connectivity index (χ2n) is 9.03. The van der Waals surface area contributed by atoms with E-state index >= 15 is 0 Å². The van der Waals surface area contributed by atoms with Crippen molar-refractivity contribution in [2.45, 2.75) is 19.4 Å². The Balaban J connectivity index is 1.42. The second kappa shape index (κ2) is 10.7. The summed E-state index contributed by atoms with van der Waals surface area (Å²) in [5.41, 5.74) is 2.56. The molecule has 4 aromatic rings. The fourth-order valence-corrected chi connectivity index (χ4v) is 4.69. The van der Waals surface area contributed by atoms with Crippen LogP contribution in [-0.2, 0) is 11.3 Å². The molecule has 1 fully saturated rings. The van der Waals surface area contributed by atoms with Gasteiger partial charge in [0.25, 0.3) is 5.56 Å². The summed E-state index contributed by atoms with van der Waals surface area (Å²) in [6.45, 7) is 1.43. The lowest BCUT2D eigenvalue weighted by Gasteiger charge is -2.32. The third kappa shape index (κ3) is 5.25. The summed E-state index contributed by atoms with van der Waals surface area (Å²) in [6, 6.07) is 18.7. The van der Waals surface area contributed by atoms with Gasteiger partial charge in [-0.3, -0.25) is 14.2 Å². The zero-order valence-corrected chi connectivity index (χ0v) is 20.9. The first kappa shape index (κ1) is 24.3. The highest BCUT2D eigenvalue weighted by Gasteiger charge is 2.29. The van der Waals surface area contributed by atoms with E-state index in [0.717, 1.165) is 18.4 Å². The van der Waals surface area contributed by atoms with E-state index in [1.807, 2.05) is 47.4 Å². The van der Waals surface area contributed by atoms with Crippen LogP contribution in [0, 0.1) is 5.92 Å². The van der Waals surface area contributed by atoms with E-state index in [0.29, 0.717) is 53.8 Å². The number of fused-ring (bicyclic) bond motifs is 1. The van der Waals surface area contributed by atoms with Crippen LogP contribution < -0.4 is 25.2 Å². The molecule has 5 rings (SSSR count). The molecule has 3 heterocycles. The van der Waals surface area contributed by atoms with E-state index in [2.05, 4.69) is 15.3 Å². The van der Waals surface area contributed by atoms with Crippen LogP contribution in [0.4, 0.5) is 11.5 Å². The van der Waals surface area contributed by atoms with E-state index < -0.39 is 0 Å². The summed E-state index contributed by atoms with van der Waals surface area (Å²) < 4.78 is 12.3. The largest absolute Gasteiger partial charge is 0.497 e. The third-order valence-electron chi connectivity index (χ3n) is 6.58. The quantitative estimate of drug-likeness (QED) is 0.414. The molecule has 0 unspecified atom stereocenters. The van der Waals surface area contributed by atoms with Crippen LogP contribution >= 0.6 is 0 Å². The van der Waals surface area contributed by atoms with Gasteiger partial charge in [0, 0.05) is 43.2 Å². The fraction of sp³-hybridized carbons (Fsp3) is 0.286. The van der Waals surface area contributed by atoms with Crippen molar-refractivity contribution < 1.29 is 14.3 Å². The lowest BCUT2D eigenvalue weighted by molar-refractivity contribution is -0.120. The van der Waals surface area contributed by atoms with Gasteiger partial charge in [-0.2, -0.15) is 0 Å². The van der Waals surface area contributed by atoms with E-state index in [-0.39, 0.29) is 17.4 Å². The molecule has 1 atom stereocenters. The highest BCUT2D eigenvalue weighted by molar-refractivity contribution is 5.93. The summed E-state index contributed by atoms with van der Waals surface area (Å²) in [5.74, 6) is 1.10. The molecular weight excluding hydrogens is 470 g/mol. The standard InChI is InChI=1S/C28H29N5O4/c1-36-22-14-21(15-23(16-22)37-2)30-27(34)20-10-7-13-32(18-20)26-28(35)33(17-19-8-4-3-5-9-19)25-24(31-26)11-6-12-29-25/h3-6,8-9,11-12,14-16,20H,7,10,13,17-18H2,1-2H3,(H,30,34)/t20-/m0/s1. The minimum atomic E-state index is -0.306. The summed E-state index contributed by atoms with van der Waals surface area (Å²) in [5, 5.41) is 2.98. The Morgan fingerprint density at radius 1 is 1.05 bits per heavy atom. The topological polar surface area (TPSA) is 98.6 Å². The van der Waals surface area contributed by atoms with Crippen LogP contribution in [-0.4, -0.2) is 47.8 Å². The Bertz CT molecular complexity index is 1450. The third-order valence-corrected chi connectivity index (χ3v) is 6.58. The number of ether oxygens (including phenoxy) is 2. The van der Waals surface area contributed by atoms with Crippen molar-refractivity contribution in [3.05, 3.63) is 82.8 Å². The highest BCUT2D eigenvalue weighted by Crippen LogP contribution is 2.28. The number of amides is 1. The Morgan fingerprint density at radius 3 is 2.54 bits per heavy atom. The number of methoxy groups -OCH3 is 2. The molecule has 9 heteroatoms. The van der Waals surface area contributed by atoms with Crippen LogP contribution in [0.25, 0.3) is 11.2 Å². The Morgan fingerprint density at radius 2 is 1.81 bits per heavy atom. The van der Waals surface area contributed by atoms with Crippen LogP contribution in [0.5, 0.6) is 11.5 Å². The molecule has 2 aromatic carbocycles. The van der Waals surface area contributed by atoms with Gasteiger partial charge < -0.3 is 19.7 Å². The van der Waals surface area contributed by atoms with Crippen molar-refractivity contribution in [1.29, 1.82) is 0 Å². The first-order valence-corrected chi connectivity index (χ1v) is 12.2. The predicted octanol–water partition coefficient (Wildman–Crippen LogP) is 3.71. The number of carbonyl (C=O) groups excluding carboxylic acids is 1. The van der Waals surface area contributed by atoms with Crippen LogP contribution in [0.3, 0.4) is 0 Å². The monoisotopic (exact) mass is 499 g/mol. The zero-order chi connectivity index (χ0) is 25.8. The number of hydrogen-bond acceptors (Lipinski definition) is 7.